The molecule has 0 radical (unpaired) electrons. The Morgan fingerprint density at radius 2 is 1.93 bits per heavy atom. The molecule has 2 aromatic carbocycles. The summed E-state index contributed by atoms with van der Waals surface area (Å²) in [6.07, 6.45) is 0. The molecule has 1 heterocycles. The third kappa shape index (κ3) is 4.54. The number of benzene rings is 2. The summed E-state index contributed by atoms with van der Waals surface area (Å²) in [7, 11) is 5.36. The number of hydrogen-bond acceptors (Lipinski definition) is 5. The molecule has 0 bridgehead atoms. The molecule has 28 heavy (non-hydrogen) atoms. The van der Waals surface area contributed by atoms with E-state index in [-0.39, 0.29) is 11.2 Å². The number of aromatic nitrogens is 3. The Morgan fingerprint density at radius 3 is 2.64 bits per heavy atom. The molecule has 1 unspecified atom stereocenters. The second-order valence-electron chi connectivity index (χ2n) is 6.54. The Balaban J connectivity index is 1.69. The van der Waals surface area contributed by atoms with Crippen LogP contribution in [0.5, 0.6) is 5.75 Å². The number of carbonyl (C=O) groups excluding carboxylic acids is 1. The maximum absolute atomic E-state index is 12.8. The van der Waals surface area contributed by atoms with Gasteiger partial charge >= 0.3 is 0 Å². The predicted molar refractivity (Wildman–Crippen MR) is 111 cm³/mol. The first-order chi connectivity index (χ1) is 13.5. The Kier molecular flexibility index (Phi) is 6.36. The van der Waals surface area contributed by atoms with Crippen LogP contribution in [-0.2, 0) is 18.4 Å². The average molecular weight is 397 g/mol. The molecule has 0 N–H and O–H groups in total. The molecule has 0 aliphatic rings. The molecule has 0 aliphatic heterocycles. The lowest BCUT2D eigenvalue weighted by Crippen LogP contribution is -2.32. The van der Waals surface area contributed by atoms with Crippen molar-refractivity contribution < 1.29 is 9.53 Å². The van der Waals surface area contributed by atoms with Crippen LogP contribution in [0.25, 0.3) is 11.4 Å². The highest BCUT2D eigenvalue weighted by atomic mass is 32.2. The minimum absolute atomic E-state index is 0.0554. The quantitative estimate of drug-likeness (QED) is 0.571. The number of nitrogens with zero attached hydrogens (tertiary/aromatic N) is 4. The number of amides is 1. The molecule has 3 rings (SSSR count). The van der Waals surface area contributed by atoms with Gasteiger partial charge in [0.25, 0.3) is 0 Å². The van der Waals surface area contributed by atoms with E-state index in [4.69, 9.17) is 4.74 Å². The number of carbonyl (C=O) groups is 1. The number of ether oxygens (including phenoxy) is 1. The first-order valence-corrected chi connectivity index (χ1v) is 9.87. The molecule has 0 spiro atoms. The number of methoxy groups -OCH3 is 1. The Hall–Kier alpha value is -2.80. The van der Waals surface area contributed by atoms with Gasteiger partial charge in [0.05, 0.1) is 12.4 Å². The third-order valence-corrected chi connectivity index (χ3v) is 5.55. The zero-order chi connectivity index (χ0) is 20.1. The van der Waals surface area contributed by atoms with Crippen molar-refractivity contribution in [2.75, 3.05) is 14.2 Å². The lowest BCUT2D eigenvalue weighted by Gasteiger charge is -2.21. The first-order valence-electron chi connectivity index (χ1n) is 8.99. The van der Waals surface area contributed by atoms with Crippen LogP contribution in [0, 0.1) is 0 Å². The minimum Gasteiger partial charge on any atom is -0.497 e. The molecule has 0 fully saturated rings. The van der Waals surface area contributed by atoms with Gasteiger partial charge in [-0.15, -0.1) is 10.2 Å². The van der Waals surface area contributed by atoms with E-state index in [2.05, 4.69) is 10.2 Å². The summed E-state index contributed by atoms with van der Waals surface area (Å²) in [6, 6.07) is 17.6. The van der Waals surface area contributed by atoms with E-state index in [0.29, 0.717) is 11.7 Å². The van der Waals surface area contributed by atoms with E-state index in [1.165, 1.54) is 11.8 Å². The van der Waals surface area contributed by atoms with Crippen molar-refractivity contribution >= 4 is 17.7 Å². The van der Waals surface area contributed by atoms with Crippen molar-refractivity contribution in [1.29, 1.82) is 0 Å². The molecule has 3 aromatic rings. The van der Waals surface area contributed by atoms with Gasteiger partial charge < -0.3 is 14.2 Å². The monoisotopic (exact) mass is 396 g/mol. The number of hydrogen-bond donors (Lipinski definition) is 0. The summed E-state index contributed by atoms with van der Waals surface area (Å²) in [4.78, 5) is 14.5. The van der Waals surface area contributed by atoms with Gasteiger partial charge in [-0.3, -0.25) is 4.79 Å². The van der Waals surface area contributed by atoms with Crippen molar-refractivity contribution in [3.05, 3.63) is 60.2 Å². The van der Waals surface area contributed by atoms with Crippen LogP contribution >= 0.6 is 11.8 Å². The molecule has 0 saturated carbocycles. The Bertz CT molecular complexity index is 943. The highest BCUT2D eigenvalue weighted by molar-refractivity contribution is 8.00. The zero-order valence-electron chi connectivity index (χ0n) is 16.5. The topological polar surface area (TPSA) is 60.3 Å². The number of rotatable bonds is 7. The molecule has 6 nitrogen and oxygen atoms in total. The van der Waals surface area contributed by atoms with E-state index < -0.39 is 0 Å². The van der Waals surface area contributed by atoms with E-state index in [1.807, 2.05) is 80.2 Å². The highest BCUT2D eigenvalue weighted by Gasteiger charge is 2.22. The standard InChI is InChI=1S/C21H24N4O2S/c1-15(20(26)24(2)14-16-9-6-5-7-10-16)28-21-23-22-19(25(21)3)17-11-8-12-18(13-17)27-4/h5-13,15H,14H2,1-4H3. The van der Waals surface area contributed by atoms with Crippen LogP contribution in [-0.4, -0.2) is 45.0 Å². The van der Waals surface area contributed by atoms with E-state index in [1.54, 1.807) is 12.0 Å². The molecule has 7 heteroatoms. The maximum Gasteiger partial charge on any atom is 0.235 e. The molecule has 1 atom stereocenters. The Labute approximate surface area is 169 Å². The van der Waals surface area contributed by atoms with Gasteiger partial charge in [0.1, 0.15) is 5.75 Å². The largest absolute Gasteiger partial charge is 0.497 e. The molecule has 1 amide bonds. The van der Waals surface area contributed by atoms with Gasteiger partial charge in [-0.2, -0.15) is 0 Å². The lowest BCUT2D eigenvalue weighted by molar-refractivity contribution is -0.129. The molecule has 146 valence electrons. The van der Waals surface area contributed by atoms with Crippen LogP contribution in [0.4, 0.5) is 0 Å². The van der Waals surface area contributed by atoms with Crippen molar-refractivity contribution in [2.45, 2.75) is 23.9 Å². The van der Waals surface area contributed by atoms with Crippen molar-refractivity contribution in [3.63, 3.8) is 0 Å². The van der Waals surface area contributed by atoms with Gasteiger partial charge in [0, 0.05) is 26.2 Å². The van der Waals surface area contributed by atoms with Crippen LogP contribution in [0.2, 0.25) is 0 Å². The van der Waals surface area contributed by atoms with Crippen molar-refractivity contribution in [3.8, 4) is 17.1 Å². The molecule has 0 aliphatic carbocycles. The van der Waals surface area contributed by atoms with Crippen LogP contribution in [0.3, 0.4) is 0 Å². The van der Waals surface area contributed by atoms with Gasteiger partial charge in [-0.25, -0.2) is 0 Å². The lowest BCUT2D eigenvalue weighted by atomic mass is 10.2. The molecule has 1 aromatic heterocycles. The Morgan fingerprint density at radius 1 is 1.18 bits per heavy atom. The van der Waals surface area contributed by atoms with Crippen molar-refractivity contribution in [1.82, 2.24) is 19.7 Å². The summed E-state index contributed by atoms with van der Waals surface area (Å²) in [5.74, 6) is 1.55. The van der Waals surface area contributed by atoms with E-state index in [9.17, 15) is 4.79 Å². The first kappa shape index (κ1) is 19.9. The highest BCUT2D eigenvalue weighted by Crippen LogP contribution is 2.28. The fourth-order valence-corrected chi connectivity index (χ4v) is 3.81. The predicted octanol–water partition coefficient (Wildman–Crippen LogP) is 3.63. The van der Waals surface area contributed by atoms with Crippen LogP contribution < -0.4 is 4.74 Å². The second kappa shape index (κ2) is 8.93. The van der Waals surface area contributed by atoms with E-state index >= 15 is 0 Å². The summed E-state index contributed by atoms with van der Waals surface area (Å²) in [5, 5.41) is 9.01. The number of thioether (sulfide) groups is 1. The van der Waals surface area contributed by atoms with Gasteiger partial charge in [-0.1, -0.05) is 54.2 Å². The normalized spacial score (nSPS) is 11.9. The van der Waals surface area contributed by atoms with Gasteiger partial charge in [0.2, 0.25) is 5.91 Å². The second-order valence-corrected chi connectivity index (χ2v) is 7.85. The summed E-state index contributed by atoms with van der Waals surface area (Å²) in [5.41, 5.74) is 2.02. The average Bonchev–Trinajstić information content (AvgIpc) is 3.08. The SMILES string of the molecule is COc1cccc(-c2nnc(SC(C)C(=O)N(C)Cc3ccccc3)n2C)c1. The summed E-state index contributed by atoms with van der Waals surface area (Å²) in [6.45, 7) is 2.48. The van der Waals surface area contributed by atoms with Crippen LogP contribution in [0.1, 0.15) is 12.5 Å². The van der Waals surface area contributed by atoms with Crippen LogP contribution in [0.15, 0.2) is 59.8 Å². The van der Waals surface area contributed by atoms with Gasteiger partial charge in [0.15, 0.2) is 11.0 Å². The molecular weight excluding hydrogens is 372 g/mol. The van der Waals surface area contributed by atoms with Gasteiger partial charge in [-0.05, 0) is 24.6 Å². The fourth-order valence-electron chi connectivity index (χ4n) is 2.89. The maximum atomic E-state index is 12.8. The zero-order valence-corrected chi connectivity index (χ0v) is 17.3. The minimum atomic E-state index is -0.269. The summed E-state index contributed by atoms with van der Waals surface area (Å²) < 4.78 is 7.18. The smallest absolute Gasteiger partial charge is 0.235 e. The van der Waals surface area contributed by atoms with Crippen molar-refractivity contribution in [2.24, 2.45) is 7.05 Å². The molecular formula is C21H24N4O2S. The van der Waals surface area contributed by atoms with E-state index in [0.717, 1.165) is 22.7 Å². The molecule has 0 saturated heterocycles. The third-order valence-electron chi connectivity index (χ3n) is 4.43. The fraction of sp³-hybridized carbons (Fsp3) is 0.286. The summed E-state index contributed by atoms with van der Waals surface area (Å²) >= 11 is 1.41.